The van der Waals surface area contributed by atoms with Gasteiger partial charge in [0.1, 0.15) is 13.2 Å². The Labute approximate surface area is 114 Å². The Balaban J connectivity index is 1.55. The van der Waals surface area contributed by atoms with E-state index in [-0.39, 0.29) is 11.7 Å². The van der Waals surface area contributed by atoms with Gasteiger partial charge in [-0.15, -0.1) is 10.2 Å². The van der Waals surface area contributed by atoms with Crippen LogP contribution in [0.25, 0.3) is 0 Å². The molecule has 8 nitrogen and oxygen atoms in total. The molecule has 1 aromatic carbocycles. The fraction of sp³-hybridized carbons (Fsp3) is 0.333. The number of aromatic nitrogens is 4. The van der Waals surface area contributed by atoms with Gasteiger partial charge in [-0.2, -0.15) is 5.21 Å². The highest BCUT2D eigenvalue weighted by Crippen LogP contribution is 2.30. The van der Waals surface area contributed by atoms with E-state index < -0.39 is 0 Å². The summed E-state index contributed by atoms with van der Waals surface area (Å²) in [7, 11) is 0. The molecule has 20 heavy (non-hydrogen) atoms. The van der Waals surface area contributed by atoms with Crippen molar-refractivity contribution in [2.24, 2.45) is 0 Å². The van der Waals surface area contributed by atoms with E-state index >= 15 is 0 Å². The van der Waals surface area contributed by atoms with Crippen LogP contribution in [0, 0.1) is 0 Å². The van der Waals surface area contributed by atoms with Crippen molar-refractivity contribution in [2.45, 2.75) is 6.42 Å². The van der Waals surface area contributed by atoms with Crippen molar-refractivity contribution in [1.82, 2.24) is 25.9 Å². The van der Waals surface area contributed by atoms with E-state index in [0.29, 0.717) is 26.2 Å². The maximum Gasteiger partial charge on any atom is 0.292 e. The first-order chi connectivity index (χ1) is 9.83. The molecule has 0 bridgehead atoms. The Bertz CT molecular complexity index is 599. The van der Waals surface area contributed by atoms with E-state index in [1.54, 1.807) is 0 Å². The molecular weight excluding hydrogens is 262 g/mol. The molecule has 0 spiro atoms. The van der Waals surface area contributed by atoms with E-state index in [9.17, 15) is 4.79 Å². The van der Waals surface area contributed by atoms with Gasteiger partial charge in [0.2, 0.25) is 0 Å². The number of ether oxygens (including phenoxy) is 2. The van der Waals surface area contributed by atoms with Crippen LogP contribution >= 0.6 is 0 Å². The number of rotatable bonds is 4. The molecule has 0 saturated heterocycles. The molecule has 0 saturated carbocycles. The van der Waals surface area contributed by atoms with Gasteiger partial charge in [-0.25, -0.2) is 0 Å². The lowest BCUT2D eigenvalue weighted by atomic mass is 10.1. The summed E-state index contributed by atoms with van der Waals surface area (Å²) in [6.07, 6.45) is 0.681. The van der Waals surface area contributed by atoms with E-state index in [0.717, 1.165) is 17.1 Å². The molecule has 0 radical (unpaired) electrons. The van der Waals surface area contributed by atoms with Gasteiger partial charge < -0.3 is 14.8 Å². The maximum atomic E-state index is 11.6. The second kappa shape index (κ2) is 5.55. The fourth-order valence-electron chi connectivity index (χ4n) is 1.90. The van der Waals surface area contributed by atoms with Gasteiger partial charge >= 0.3 is 0 Å². The SMILES string of the molecule is O=C(NCCc1ccc2c(c1)OCCO2)c1nn[nH]n1. The van der Waals surface area contributed by atoms with Gasteiger partial charge in [0.05, 0.1) is 0 Å². The minimum absolute atomic E-state index is 0.0344. The van der Waals surface area contributed by atoms with Gasteiger partial charge in [-0.3, -0.25) is 4.79 Å². The summed E-state index contributed by atoms with van der Waals surface area (Å²) >= 11 is 0. The van der Waals surface area contributed by atoms with E-state index in [4.69, 9.17) is 9.47 Å². The summed E-state index contributed by atoms with van der Waals surface area (Å²) in [6, 6.07) is 5.76. The number of fused-ring (bicyclic) bond motifs is 1. The lowest BCUT2D eigenvalue weighted by molar-refractivity contribution is 0.0944. The Kier molecular flexibility index (Phi) is 3.44. The smallest absolute Gasteiger partial charge is 0.292 e. The average Bonchev–Trinajstić information content (AvgIpc) is 3.01. The highest BCUT2D eigenvalue weighted by molar-refractivity contribution is 5.89. The first-order valence-corrected chi connectivity index (χ1v) is 6.23. The third-order valence-electron chi connectivity index (χ3n) is 2.85. The number of tetrazole rings is 1. The number of H-pyrrole nitrogens is 1. The monoisotopic (exact) mass is 275 g/mol. The molecule has 1 amide bonds. The molecule has 8 heteroatoms. The van der Waals surface area contributed by atoms with Crippen LogP contribution < -0.4 is 14.8 Å². The predicted molar refractivity (Wildman–Crippen MR) is 67.6 cm³/mol. The number of aromatic amines is 1. The predicted octanol–water partition coefficient (Wildman–Crippen LogP) is -0.0566. The topological polar surface area (TPSA) is 102 Å². The molecule has 0 fully saturated rings. The summed E-state index contributed by atoms with van der Waals surface area (Å²) in [5.74, 6) is 1.19. The van der Waals surface area contributed by atoms with Gasteiger partial charge in [-0.05, 0) is 29.3 Å². The number of nitrogens with zero attached hydrogens (tertiary/aromatic N) is 3. The Hall–Kier alpha value is -2.64. The number of carbonyl (C=O) groups is 1. The molecule has 1 aromatic heterocycles. The highest BCUT2D eigenvalue weighted by Gasteiger charge is 2.12. The van der Waals surface area contributed by atoms with Crippen molar-refractivity contribution < 1.29 is 14.3 Å². The molecule has 1 aliphatic heterocycles. The van der Waals surface area contributed by atoms with Gasteiger partial charge in [0.25, 0.3) is 11.7 Å². The largest absolute Gasteiger partial charge is 0.486 e. The molecule has 2 aromatic rings. The van der Waals surface area contributed by atoms with Crippen LogP contribution in [0.15, 0.2) is 18.2 Å². The third kappa shape index (κ3) is 2.68. The summed E-state index contributed by atoms with van der Waals surface area (Å²) < 4.78 is 11.0. The molecular formula is C12H13N5O3. The van der Waals surface area contributed by atoms with Gasteiger partial charge in [-0.1, -0.05) is 6.07 Å². The van der Waals surface area contributed by atoms with Crippen LogP contribution in [0.3, 0.4) is 0 Å². The fourth-order valence-corrected chi connectivity index (χ4v) is 1.90. The number of benzene rings is 1. The standard InChI is InChI=1S/C12H13N5O3/c18-12(11-14-16-17-15-11)13-4-3-8-1-2-9-10(7-8)20-6-5-19-9/h1-2,7H,3-6H2,(H,13,18)(H,14,15,16,17). The molecule has 104 valence electrons. The number of hydrogen-bond acceptors (Lipinski definition) is 6. The zero-order chi connectivity index (χ0) is 13.8. The van der Waals surface area contributed by atoms with Crippen molar-refractivity contribution in [3.63, 3.8) is 0 Å². The second-order valence-corrected chi connectivity index (χ2v) is 4.22. The van der Waals surface area contributed by atoms with Crippen molar-refractivity contribution >= 4 is 5.91 Å². The molecule has 1 aliphatic rings. The lowest BCUT2D eigenvalue weighted by Gasteiger charge is -2.18. The number of hydrogen-bond donors (Lipinski definition) is 2. The zero-order valence-corrected chi connectivity index (χ0v) is 10.6. The van der Waals surface area contributed by atoms with Crippen LogP contribution in [0.5, 0.6) is 11.5 Å². The van der Waals surface area contributed by atoms with E-state index in [2.05, 4.69) is 25.9 Å². The number of carbonyl (C=O) groups excluding carboxylic acids is 1. The summed E-state index contributed by atoms with van der Waals surface area (Å²) in [4.78, 5) is 11.6. The minimum Gasteiger partial charge on any atom is -0.486 e. The quantitative estimate of drug-likeness (QED) is 0.810. The average molecular weight is 275 g/mol. The third-order valence-corrected chi connectivity index (χ3v) is 2.85. The normalized spacial score (nSPS) is 13.0. The van der Waals surface area contributed by atoms with Crippen LogP contribution in [0.4, 0.5) is 0 Å². The number of amides is 1. The van der Waals surface area contributed by atoms with Gasteiger partial charge in [0.15, 0.2) is 11.5 Å². The summed E-state index contributed by atoms with van der Waals surface area (Å²) in [5.41, 5.74) is 1.06. The van der Waals surface area contributed by atoms with Crippen molar-refractivity contribution in [2.75, 3.05) is 19.8 Å². The second-order valence-electron chi connectivity index (χ2n) is 4.22. The maximum absolute atomic E-state index is 11.6. The lowest BCUT2D eigenvalue weighted by Crippen LogP contribution is -2.26. The Morgan fingerprint density at radius 1 is 1.30 bits per heavy atom. The minimum atomic E-state index is -0.351. The Morgan fingerprint density at radius 2 is 2.15 bits per heavy atom. The first kappa shape index (κ1) is 12.4. The van der Waals surface area contributed by atoms with Crippen molar-refractivity contribution in [3.8, 4) is 11.5 Å². The van der Waals surface area contributed by atoms with Crippen molar-refractivity contribution in [1.29, 1.82) is 0 Å². The van der Waals surface area contributed by atoms with Crippen LogP contribution in [-0.4, -0.2) is 46.3 Å². The molecule has 0 aliphatic carbocycles. The molecule has 2 N–H and O–H groups in total. The van der Waals surface area contributed by atoms with E-state index in [1.807, 2.05) is 18.2 Å². The Morgan fingerprint density at radius 3 is 2.95 bits per heavy atom. The van der Waals surface area contributed by atoms with Crippen molar-refractivity contribution in [3.05, 3.63) is 29.6 Å². The van der Waals surface area contributed by atoms with Gasteiger partial charge in [0, 0.05) is 6.54 Å². The molecule has 0 unspecified atom stereocenters. The van der Waals surface area contributed by atoms with E-state index in [1.165, 1.54) is 0 Å². The highest BCUT2D eigenvalue weighted by atomic mass is 16.6. The first-order valence-electron chi connectivity index (χ1n) is 6.23. The molecule has 3 rings (SSSR count). The molecule has 0 atom stereocenters. The van der Waals surface area contributed by atoms with Crippen LogP contribution in [0.1, 0.15) is 16.2 Å². The zero-order valence-electron chi connectivity index (χ0n) is 10.6. The number of nitrogens with one attached hydrogen (secondary N) is 2. The molecule has 2 heterocycles. The summed E-state index contributed by atoms with van der Waals surface area (Å²) in [6.45, 7) is 1.62. The van der Waals surface area contributed by atoms with Crippen LogP contribution in [0.2, 0.25) is 0 Å². The summed E-state index contributed by atoms with van der Waals surface area (Å²) in [5, 5.41) is 15.5. The van der Waals surface area contributed by atoms with Crippen LogP contribution in [-0.2, 0) is 6.42 Å².